The summed E-state index contributed by atoms with van der Waals surface area (Å²) in [4.78, 5) is 0. The van der Waals surface area contributed by atoms with Crippen LogP contribution < -0.4 is 5.32 Å². The lowest BCUT2D eigenvalue weighted by atomic mass is 10.2. The Morgan fingerprint density at radius 3 is 2.94 bits per heavy atom. The molecular formula is C11H21N3OS2Si. The monoisotopic (exact) mass is 303 g/mol. The van der Waals surface area contributed by atoms with Crippen LogP contribution >= 0.6 is 23.1 Å². The van der Waals surface area contributed by atoms with Gasteiger partial charge in [0, 0.05) is 13.2 Å². The summed E-state index contributed by atoms with van der Waals surface area (Å²) in [6, 6.07) is 0. The molecule has 1 atom stereocenters. The van der Waals surface area contributed by atoms with E-state index in [1.165, 1.54) is 11.8 Å². The van der Waals surface area contributed by atoms with Crippen molar-refractivity contribution in [2.45, 2.75) is 42.9 Å². The topological polar surface area (TPSA) is 47.0 Å². The van der Waals surface area contributed by atoms with Gasteiger partial charge >= 0.3 is 0 Å². The Morgan fingerprint density at radius 2 is 2.28 bits per heavy atom. The van der Waals surface area contributed by atoms with Crippen LogP contribution in [0.2, 0.25) is 19.6 Å². The van der Waals surface area contributed by atoms with Crippen LogP contribution in [0.15, 0.2) is 4.34 Å². The molecule has 0 saturated carbocycles. The van der Waals surface area contributed by atoms with Gasteiger partial charge in [-0.05, 0) is 18.2 Å². The number of thioether (sulfide) groups is 1. The number of hydrogen-bond acceptors (Lipinski definition) is 6. The highest BCUT2D eigenvalue weighted by molar-refractivity contribution is 8.02. The molecule has 102 valence electrons. The summed E-state index contributed by atoms with van der Waals surface area (Å²) in [6.07, 6.45) is 2.69. The molecule has 18 heavy (non-hydrogen) atoms. The van der Waals surface area contributed by atoms with Gasteiger partial charge in [-0.15, -0.1) is 10.2 Å². The zero-order chi connectivity index (χ0) is 13.0. The first-order valence-electron chi connectivity index (χ1n) is 6.35. The van der Waals surface area contributed by atoms with Crippen LogP contribution in [-0.4, -0.2) is 42.9 Å². The lowest BCUT2D eigenvalue weighted by Gasteiger charge is -2.12. The fourth-order valence-corrected chi connectivity index (χ4v) is 5.44. The van der Waals surface area contributed by atoms with E-state index in [1.807, 2.05) is 11.8 Å². The van der Waals surface area contributed by atoms with E-state index in [2.05, 4.69) is 35.2 Å². The Bertz CT molecular complexity index is 375. The second kappa shape index (κ2) is 6.36. The molecule has 0 bridgehead atoms. The zero-order valence-corrected chi connectivity index (χ0v) is 13.9. The lowest BCUT2D eigenvalue weighted by Crippen LogP contribution is -2.23. The fraction of sp³-hybridized carbons (Fsp3) is 0.818. The van der Waals surface area contributed by atoms with Gasteiger partial charge in [0.2, 0.25) is 5.13 Å². The Morgan fingerprint density at radius 1 is 1.44 bits per heavy atom. The van der Waals surface area contributed by atoms with Gasteiger partial charge in [0.1, 0.15) is 0 Å². The van der Waals surface area contributed by atoms with Gasteiger partial charge < -0.3 is 10.1 Å². The van der Waals surface area contributed by atoms with Gasteiger partial charge in [-0.1, -0.05) is 42.7 Å². The van der Waals surface area contributed by atoms with E-state index in [1.54, 1.807) is 11.3 Å². The van der Waals surface area contributed by atoms with Gasteiger partial charge in [-0.2, -0.15) is 0 Å². The molecule has 2 heterocycles. The third-order valence-electron chi connectivity index (χ3n) is 2.54. The SMILES string of the molecule is C[Si](C)(C)CSc1nnc(NCC2CCCO2)s1. The molecule has 1 aliphatic heterocycles. The summed E-state index contributed by atoms with van der Waals surface area (Å²) in [5.41, 5.74) is 0. The number of ether oxygens (including phenoxy) is 1. The number of hydrogen-bond donors (Lipinski definition) is 1. The molecule has 1 aliphatic rings. The maximum Gasteiger partial charge on any atom is 0.206 e. The number of nitrogens with one attached hydrogen (secondary N) is 1. The lowest BCUT2D eigenvalue weighted by molar-refractivity contribution is 0.120. The van der Waals surface area contributed by atoms with E-state index in [0.29, 0.717) is 6.10 Å². The van der Waals surface area contributed by atoms with Crippen molar-refractivity contribution in [1.82, 2.24) is 10.2 Å². The van der Waals surface area contributed by atoms with Crippen molar-refractivity contribution >= 4 is 36.3 Å². The molecule has 7 heteroatoms. The Labute approximate surface area is 118 Å². The second-order valence-corrected chi connectivity index (χ2v) is 13.9. The van der Waals surface area contributed by atoms with Crippen LogP contribution in [0.1, 0.15) is 12.8 Å². The number of aromatic nitrogens is 2. The molecule has 0 amide bonds. The smallest absolute Gasteiger partial charge is 0.206 e. The van der Waals surface area contributed by atoms with Gasteiger partial charge in [0.15, 0.2) is 4.34 Å². The molecule has 2 rings (SSSR count). The first-order valence-corrected chi connectivity index (χ1v) is 11.9. The molecule has 1 aromatic rings. The molecule has 0 spiro atoms. The van der Waals surface area contributed by atoms with Crippen molar-refractivity contribution in [2.24, 2.45) is 0 Å². The molecule has 0 radical (unpaired) electrons. The molecule has 1 N–H and O–H groups in total. The molecule has 0 aromatic carbocycles. The van der Waals surface area contributed by atoms with Crippen LogP contribution in [0.25, 0.3) is 0 Å². The van der Waals surface area contributed by atoms with E-state index in [4.69, 9.17) is 4.74 Å². The number of rotatable bonds is 6. The predicted molar refractivity (Wildman–Crippen MR) is 81.4 cm³/mol. The quantitative estimate of drug-likeness (QED) is 0.646. The van der Waals surface area contributed by atoms with Crippen molar-refractivity contribution in [3.63, 3.8) is 0 Å². The summed E-state index contributed by atoms with van der Waals surface area (Å²) >= 11 is 3.49. The van der Waals surface area contributed by atoms with Crippen molar-refractivity contribution in [3.8, 4) is 0 Å². The van der Waals surface area contributed by atoms with Gasteiger partial charge in [-0.25, -0.2) is 0 Å². The molecule has 4 nitrogen and oxygen atoms in total. The number of anilines is 1. The van der Waals surface area contributed by atoms with E-state index < -0.39 is 8.07 Å². The maximum absolute atomic E-state index is 5.57. The highest BCUT2D eigenvalue weighted by Gasteiger charge is 2.17. The average molecular weight is 304 g/mol. The van der Waals surface area contributed by atoms with Crippen LogP contribution in [0, 0.1) is 0 Å². The normalized spacial score (nSPS) is 20.3. The molecule has 1 unspecified atom stereocenters. The third kappa shape index (κ3) is 4.87. The Balaban J connectivity index is 1.75. The van der Waals surface area contributed by atoms with Crippen molar-refractivity contribution < 1.29 is 4.74 Å². The summed E-state index contributed by atoms with van der Waals surface area (Å²) in [6.45, 7) is 8.87. The molecule has 0 aliphatic carbocycles. The standard InChI is InChI=1S/C11H21N3OS2Si/c1-18(2,3)8-16-11-14-13-10(17-11)12-7-9-5-4-6-15-9/h9H,4-8H2,1-3H3,(H,12,13). The minimum Gasteiger partial charge on any atom is -0.376 e. The molecule has 1 fully saturated rings. The highest BCUT2D eigenvalue weighted by atomic mass is 32.2. The second-order valence-electron chi connectivity index (χ2n) is 5.74. The molecular weight excluding hydrogens is 282 g/mol. The van der Waals surface area contributed by atoms with Crippen LogP contribution in [0.3, 0.4) is 0 Å². The first-order chi connectivity index (χ1) is 8.53. The summed E-state index contributed by atoms with van der Waals surface area (Å²) in [5, 5.41) is 13.8. The highest BCUT2D eigenvalue weighted by Crippen LogP contribution is 2.27. The fourth-order valence-electron chi connectivity index (χ4n) is 1.62. The van der Waals surface area contributed by atoms with Crippen molar-refractivity contribution in [1.29, 1.82) is 0 Å². The van der Waals surface area contributed by atoms with E-state index in [0.717, 1.165) is 29.0 Å². The van der Waals surface area contributed by atoms with Crippen molar-refractivity contribution in [3.05, 3.63) is 0 Å². The zero-order valence-electron chi connectivity index (χ0n) is 11.2. The van der Waals surface area contributed by atoms with Gasteiger partial charge in [0.05, 0.1) is 14.2 Å². The Kier molecular flexibility index (Phi) is 5.05. The molecule has 1 saturated heterocycles. The van der Waals surface area contributed by atoms with Crippen molar-refractivity contribution in [2.75, 3.05) is 23.8 Å². The summed E-state index contributed by atoms with van der Waals surface area (Å²) in [7, 11) is -1.01. The first kappa shape index (κ1) is 14.3. The third-order valence-corrected chi connectivity index (χ3v) is 8.19. The largest absolute Gasteiger partial charge is 0.376 e. The van der Waals surface area contributed by atoms with Gasteiger partial charge in [-0.3, -0.25) is 0 Å². The van der Waals surface area contributed by atoms with Crippen LogP contribution in [-0.2, 0) is 4.74 Å². The van der Waals surface area contributed by atoms with Crippen LogP contribution in [0.4, 0.5) is 5.13 Å². The predicted octanol–water partition coefficient (Wildman–Crippen LogP) is 3.10. The minimum absolute atomic E-state index is 0.354. The van der Waals surface area contributed by atoms with Crippen LogP contribution in [0.5, 0.6) is 0 Å². The number of nitrogens with zero attached hydrogens (tertiary/aromatic N) is 2. The average Bonchev–Trinajstić information content (AvgIpc) is 2.94. The van der Waals surface area contributed by atoms with E-state index >= 15 is 0 Å². The van der Waals surface area contributed by atoms with E-state index in [-0.39, 0.29) is 0 Å². The van der Waals surface area contributed by atoms with E-state index in [9.17, 15) is 0 Å². The maximum atomic E-state index is 5.57. The Hall–Kier alpha value is -0.113. The summed E-state index contributed by atoms with van der Waals surface area (Å²) < 4.78 is 6.64. The minimum atomic E-state index is -1.01. The van der Waals surface area contributed by atoms with Gasteiger partial charge in [0.25, 0.3) is 0 Å². The summed E-state index contributed by atoms with van der Waals surface area (Å²) in [5.74, 6) is 0. The molecule has 1 aromatic heterocycles.